The van der Waals surface area contributed by atoms with Crippen molar-refractivity contribution in [1.29, 1.82) is 0 Å². The summed E-state index contributed by atoms with van der Waals surface area (Å²) in [5, 5.41) is 12.4. The van der Waals surface area contributed by atoms with E-state index in [2.05, 4.69) is 19.2 Å². The summed E-state index contributed by atoms with van der Waals surface area (Å²) < 4.78 is 10.2. The molecule has 0 saturated carbocycles. The smallest absolute Gasteiger partial charge is 0.331 e. The van der Waals surface area contributed by atoms with Crippen LogP contribution in [0.3, 0.4) is 0 Å². The van der Waals surface area contributed by atoms with E-state index in [1.807, 2.05) is 24.3 Å². The van der Waals surface area contributed by atoms with Gasteiger partial charge in [0.1, 0.15) is 0 Å². The molecule has 2 aromatic rings. The van der Waals surface area contributed by atoms with E-state index in [4.69, 9.17) is 9.47 Å². The summed E-state index contributed by atoms with van der Waals surface area (Å²) in [6.45, 7) is 5.71. The van der Waals surface area contributed by atoms with E-state index in [1.165, 1.54) is 32.3 Å². The van der Waals surface area contributed by atoms with Crippen molar-refractivity contribution in [2.45, 2.75) is 39.2 Å². The molecule has 0 fully saturated rings. The average Bonchev–Trinajstić information content (AvgIpc) is 2.72. The highest BCUT2D eigenvalue weighted by Crippen LogP contribution is 2.27. The third-order valence-electron chi connectivity index (χ3n) is 4.64. The maximum Gasteiger partial charge on any atom is 0.331 e. The fraction of sp³-hybridized carbons (Fsp3) is 0.304. The minimum atomic E-state index is -0.952. The van der Waals surface area contributed by atoms with Gasteiger partial charge < -0.3 is 19.9 Å². The van der Waals surface area contributed by atoms with Gasteiger partial charge in [-0.2, -0.15) is 0 Å². The second-order valence-electron chi connectivity index (χ2n) is 6.73. The van der Waals surface area contributed by atoms with Crippen molar-refractivity contribution in [3.63, 3.8) is 0 Å². The van der Waals surface area contributed by atoms with Crippen molar-refractivity contribution in [3.05, 3.63) is 59.7 Å². The van der Waals surface area contributed by atoms with Crippen LogP contribution in [0.15, 0.2) is 48.5 Å². The lowest BCUT2D eigenvalue weighted by molar-refractivity contribution is -0.148. The van der Waals surface area contributed by atoms with E-state index in [0.29, 0.717) is 17.2 Å². The van der Waals surface area contributed by atoms with Crippen LogP contribution in [0, 0.1) is 0 Å². The van der Waals surface area contributed by atoms with Gasteiger partial charge in [-0.15, -0.1) is 0 Å². The molecule has 2 atom stereocenters. The summed E-state index contributed by atoms with van der Waals surface area (Å²) in [4.78, 5) is 24.5. The van der Waals surface area contributed by atoms with Crippen LogP contribution in [-0.2, 0) is 14.3 Å². The first kappa shape index (κ1) is 22.0. The number of anilines is 1. The minimum absolute atomic E-state index is 0.00944. The van der Waals surface area contributed by atoms with Gasteiger partial charge in [-0.25, -0.2) is 4.79 Å². The summed E-state index contributed by atoms with van der Waals surface area (Å²) in [5.41, 5.74) is 2.42. The van der Waals surface area contributed by atoms with Crippen LogP contribution in [0.2, 0.25) is 0 Å². The van der Waals surface area contributed by atoms with Gasteiger partial charge in [0.05, 0.1) is 7.11 Å². The Labute approximate surface area is 171 Å². The van der Waals surface area contributed by atoms with Crippen LogP contribution < -0.4 is 10.1 Å². The molecule has 0 spiro atoms. The number of benzene rings is 2. The number of nitrogens with one attached hydrogen (secondary N) is 1. The zero-order valence-corrected chi connectivity index (χ0v) is 17.1. The fourth-order valence-electron chi connectivity index (χ4n) is 2.72. The first-order chi connectivity index (χ1) is 13.8. The summed E-state index contributed by atoms with van der Waals surface area (Å²) in [5.74, 6) is -0.429. The molecule has 0 aliphatic heterocycles. The highest BCUT2D eigenvalue weighted by Gasteiger charge is 2.18. The Morgan fingerprint density at radius 2 is 1.90 bits per heavy atom. The molecule has 0 radical (unpaired) electrons. The molecule has 2 N–H and O–H groups in total. The summed E-state index contributed by atoms with van der Waals surface area (Å²) in [6.07, 6.45) is 2.74. The predicted molar refractivity (Wildman–Crippen MR) is 113 cm³/mol. The molecule has 2 rings (SSSR count). The molecule has 1 amide bonds. The van der Waals surface area contributed by atoms with Gasteiger partial charge in [0, 0.05) is 11.8 Å². The lowest BCUT2D eigenvalue weighted by Gasteiger charge is -2.17. The molecule has 6 nitrogen and oxygen atoms in total. The normalized spacial score (nSPS) is 13.0. The van der Waals surface area contributed by atoms with E-state index in [1.54, 1.807) is 12.1 Å². The predicted octanol–water partition coefficient (Wildman–Crippen LogP) is 4.50. The van der Waals surface area contributed by atoms with E-state index < -0.39 is 18.0 Å². The Balaban J connectivity index is 1.98. The van der Waals surface area contributed by atoms with Crippen LogP contribution in [0.25, 0.3) is 6.08 Å². The number of rotatable bonds is 8. The second-order valence-corrected chi connectivity index (χ2v) is 6.73. The first-order valence-electron chi connectivity index (χ1n) is 9.51. The lowest BCUT2D eigenvalue weighted by atomic mass is 9.97. The second kappa shape index (κ2) is 10.3. The fourth-order valence-corrected chi connectivity index (χ4v) is 2.72. The van der Waals surface area contributed by atoms with Crippen molar-refractivity contribution < 1.29 is 24.2 Å². The van der Waals surface area contributed by atoms with Gasteiger partial charge in [0.15, 0.2) is 17.6 Å². The molecule has 0 aliphatic carbocycles. The molecule has 0 bridgehead atoms. The SMILES string of the molecule is CC[C@H](C)c1ccccc1NC(=O)[C@@H](C)OC(=O)/C=C/c1ccc(O)c(OC)c1. The number of carbonyl (C=O) groups excluding carboxylic acids is 2. The molecule has 0 aliphatic rings. The monoisotopic (exact) mass is 397 g/mol. The summed E-state index contributed by atoms with van der Waals surface area (Å²) >= 11 is 0. The van der Waals surface area contributed by atoms with Gasteiger partial charge >= 0.3 is 5.97 Å². The van der Waals surface area contributed by atoms with Crippen molar-refractivity contribution in [1.82, 2.24) is 0 Å². The van der Waals surface area contributed by atoms with E-state index in [9.17, 15) is 14.7 Å². The number of para-hydroxylation sites is 1. The number of phenols is 1. The Morgan fingerprint density at radius 3 is 2.59 bits per heavy atom. The quantitative estimate of drug-likeness (QED) is 0.506. The number of amides is 1. The van der Waals surface area contributed by atoms with Crippen LogP contribution in [-0.4, -0.2) is 30.2 Å². The zero-order chi connectivity index (χ0) is 21.4. The van der Waals surface area contributed by atoms with Crippen molar-refractivity contribution in [2.24, 2.45) is 0 Å². The number of phenolic OH excluding ortho intramolecular Hbond substituents is 1. The van der Waals surface area contributed by atoms with E-state index in [-0.39, 0.29) is 5.75 Å². The third-order valence-corrected chi connectivity index (χ3v) is 4.64. The maximum atomic E-state index is 12.4. The van der Waals surface area contributed by atoms with Gasteiger partial charge in [0.2, 0.25) is 0 Å². The standard InChI is InChI=1S/C23H27NO5/c1-5-15(2)18-8-6-7-9-19(18)24-23(27)16(3)29-22(26)13-11-17-10-12-20(25)21(14-17)28-4/h6-16,25H,5H2,1-4H3,(H,24,27)/b13-11+/t15-,16+/m0/s1. The molecular formula is C23H27NO5. The highest BCUT2D eigenvalue weighted by atomic mass is 16.5. The molecule has 0 saturated heterocycles. The Bertz CT molecular complexity index is 891. The van der Waals surface area contributed by atoms with E-state index >= 15 is 0 Å². The average molecular weight is 397 g/mol. The largest absolute Gasteiger partial charge is 0.504 e. The van der Waals surface area contributed by atoms with Crippen molar-refractivity contribution in [2.75, 3.05) is 12.4 Å². The van der Waals surface area contributed by atoms with Crippen LogP contribution in [0.4, 0.5) is 5.69 Å². The number of carbonyl (C=O) groups is 2. The molecule has 6 heteroatoms. The molecule has 154 valence electrons. The topological polar surface area (TPSA) is 84.9 Å². The van der Waals surface area contributed by atoms with Gasteiger partial charge in [-0.1, -0.05) is 38.1 Å². The first-order valence-corrected chi connectivity index (χ1v) is 9.51. The zero-order valence-electron chi connectivity index (χ0n) is 17.1. The maximum absolute atomic E-state index is 12.4. The molecule has 0 unspecified atom stereocenters. The van der Waals surface area contributed by atoms with Gasteiger partial charge in [0.25, 0.3) is 5.91 Å². The van der Waals surface area contributed by atoms with E-state index in [0.717, 1.165) is 17.7 Å². The number of hydrogen-bond acceptors (Lipinski definition) is 5. The highest BCUT2D eigenvalue weighted by molar-refractivity contribution is 5.97. The van der Waals surface area contributed by atoms with Gasteiger partial charge in [-0.05, 0) is 54.7 Å². The number of methoxy groups -OCH3 is 1. The number of hydrogen-bond donors (Lipinski definition) is 2. The molecule has 0 aromatic heterocycles. The number of ether oxygens (including phenoxy) is 2. The Kier molecular flexibility index (Phi) is 7.83. The minimum Gasteiger partial charge on any atom is -0.504 e. The summed E-state index contributed by atoms with van der Waals surface area (Å²) in [7, 11) is 1.44. The Hall–Kier alpha value is -3.28. The number of esters is 1. The molecular weight excluding hydrogens is 370 g/mol. The Morgan fingerprint density at radius 1 is 1.17 bits per heavy atom. The molecule has 29 heavy (non-hydrogen) atoms. The number of aromatic hydroxyl groups is 1. The van der Waals surface area contributed by atoms with Crippen molar-refractivity contribution in [3.8, 4) is 11.5 Å². The van der Waals surface area contributed by atoms with Gasteiger partial charge in [-0.3, -0.25) is 4.79 Å². The molecule has 2 aromatic carbocycles. The van der Waals surface area contributed by atoms with Crippen LogP contribution in [0.1, 0.15) is 44.2 Å². The third kappa shape index (κ3) is 6.10. The van der Waals surface area contributed by atoms with Crippen molar-refractivity contribution >= 4 is 23.6 Å². The lowest BCUT2D eigenvalue weighted by Crippen LogP contribution is -2.29. The molecule has 0 heterocycles. The van der Waals surface area contributed by atoms with Crippen LogP contribution in [0.5, 0.6) is 11.5 Å². The van der Waals surface area contributed by atoms with Crippen LogP contribution >= 0.6 is 0 Å². The summed E-state index contributed by atoms with van der Waals surface area (Å²) in [6, 6.07) is 12.3.